The zero-order chi connectivity index (χ0) is 26.0. The van der Waals surface area contributed by atoms with Crippen molar-refractivity contribution < 1.29 is 4.79 Å². The van der Waals surface area contributed by atoms with Crippen LogP contribution in [0.15, 0.2) is 54.6 Å². The number of carbonyl (C=O) groups is 1. The number of nitrogens with zero attached hydrogens (tertiary/aromatic N) is 4. The highest BCUT2D eigenvalue weighted by molar-refractivity contribution is 7.96. The molecule has 5 rings (SSSR count). The van der Waals surface area contributed by atoms with Crippen molar-refractivity contribution in [2.24, 2.45) is 5.92 Å². The lowest BCUT2D eigenvalue weighted by molar-refractivity contribution is 0.0165. The Bertz CT molecular complexity index is 946. The highest BCUT2D eigenvalue weighted by Gasteiger charge is 2.33. The van der Waals surface area contributed by atoms with Crippen LogP contribution in [0.4, 0.5) is 0 Å². The molecule has 202 valence electrons. The second-order valence-electron chi connectivity index (χ2n) is 10.2. The van der Waals surface area contributed by atoms with Crippen molar-refractivity contribution in [3.8, 4) is 0 Å². The molecular formula is C29H40Cl2N4OS. The van der Waals surface area contributed by atoms with Crippen LogP contribution in [0.2, 0.25) is 10.0 Å². The predicted octanol–water partition coefficient (Wildman–Crippen LogP) is 5.89. The third kappa shape index (κ3) is 8.61. The average Bonchev–Trinajstić information content (AvgIpc) is 2.92. The SMILES string of the molecule is CSN1CCN(C2CN(CCCC3CCCN(C(=O)c4ccccc4)C3)C2)CC1.Clc1ccccc1Cl. The molecule has 0 spiro atoms. The zero-order valence-corrected chi connectivity index (χ0v) is 24.2. The Morgan fingerprint density at radius 2 is 1.54 bits per heavy atom. The van der Waals surface area contributed by atoms with Crippen molar-refractivity contribution in [3.63, 3.8) is 0 Å². The molecule has 0 radical (unpaired) electrons. The Kier molecular flexibility index (Phi) is 11.5. The van der Waals surface area contributed by atoms with Gasteiger partial charge in [-0.2, -0.15) is 0 Å². The maximum absolute atomic E-state index is 12.7. The van der Waals surface area contributed by atoms with Gasteiger partial charge in [0.2, 0.25) is 0 Å². The number of carbonyl (C=O) groups excluding carboxylic acids is 1. The van der Waals surface area contributed by atoms with E-state index in [2.05, 4.69) is 25.3 Å². The van der Waals surface area contributed by atoms with E-state index in [-0.39, 0.29) is 5.91 Å². The predicted molar refractivity (Wildman–Crippen MR) is 158 cm³/mol. The molecular weight excluding hydrogens is 523 g/mol. The van der Waals surface area contributed by atoms with Crippen LogP contribution < -0.4 is 0 Å². The third-order valence-electron chi connectivity index (χ3n) is 7.72. The first-order valence-electron chi connectivity index (χ1n) is 13.5. The van der Waals surface area contributed by atoms with Crippen LogP contribution in [0.3, 0.4) is 0 Å². The van der Waals surface area contributed by atoms with Gasteiger partial charge in [-0.1, -0.05) is 65.5 Å². The molecule has 8 heteroatoms. The molecule has 2 aromatic rings. The lowest BCUT2D eigenvalue weighted by atomic mass is 9.92. The largest absolute Gasteiger partial charge is 0.338 e. The summed E-state index contributed by atoms with van der Waals surface area (Å²) in [6.45, 7) is 10.5. The summed E-state index contributed by atoms with van der Waals surface area (Å²) in [5, 5.41) is 1.21. The summed E-state index contributed by atoms with van der Waals surface area (Å²) in [5.74, 6) is 0.885. The summed E-state index contributed by atoms with van der Waals surface area (Å²) in [4.78, 5) is 20.1. The van der Waals surface area contributed by atoms with E-state index in [1.807, 2.05) is 54.4 Å². The molecule has 5 nitrogen and oxygen atoms in total. The van der Waals surface area contributed by atoms with Crippen LogP contribution in [0.25, 0.3) is 0 Å². The maximum atomic E-state index is 12.7. The molecule has 3 aliphatic heterocycles. The number of benzene rings is 2. The first kappa shape index (κ1) is 28.7. The normalized spacial score (nSPS) is 21.7. The quantitative estimate of drug-likeness (QED) is 0.392. The minimum absolute atomic E-state index is 0.211. The van der Waals surface area contributed by atoms with Crippen LogP contribution in [-0.2, 0) is 0 Å². The van der Waals surface area contributed by atoms with Gasteiger partial charge in [0, 0.05) is 64.0 Å². The van der Waals surface area contributed by atoms with Crippen molar-refractivity contribution in [2.45, 2.75) is 31.7 Å². The molecule has 3 saturated heterocycles. The molecule has 0 aromatic heterocycles. The fourth-order valence-electron chi connectivity index (χ4n) is 5.50. The molecule has 3 fully saturated rings. The van der Waals surface area contributed by atoms with Crippen molar-refractivity contribution in [2.75, 3.05) is 65.2 Å². The molecule has 0 bridgehead atoms. The van der Waals surface area contributed by atoms with E-state index in [4.69, 9.17) is 23.2 Å². The van der Waals surface area contributed by atoms with Crippen molar-refractivity contribution in [1.29, 1.82) is 0 Å². The van der Waals surface area contributed by atoms with Crippen LogP contribution >= 0.6 is 35.1 Å². The van der Waals surface area contributed by atoms with E-state index in [0.29, 0.717) is 16.0 Å². The van der Waals surface area contributed by atoms with E-state index in [9.17, 15) is 4.79 Å². The summed E-state index contributed by atoms with van der Waals surface area (Å²) in [5.41, 5.74) is 0.832. The van der Waals surface area contributed by atoms with E-state index in [0.717, 1.165) is 31.1 Å². The second-order valence-corrected chi connectivity index (χ2v) is 11.9. The molecule has 3 aliphatic rings. The van der Waals surface area contributed by atoms with Crippen molar-refractivity contribution >= 4 is 41.1 Å². The zero-order valence-electron chi connectivity index (χ0n) is 21.9. The van der Waals surface area contributed by atoms with Gasteiger partial charge in [-0.25, -0.2) is 4.31 Å². The summed E-state index contributed by atoms with van der Waals surface area (Å²) in [6.07, 6.45) is 7.14. The van der Waals surface area contributed by atoms with Gasteiger partial charge in [0.15, 0.2) is 0 Å². The fourth-order valence-corrected chi connectivity index (χ4v) is 6.30. The van der Waals surface area contributed by atoms with Crippen LogP contribution in [0, 0.1) is 5.92 Å². The summed E-state index contributed by atoms with van der Waals surface area (Å²) < 4.78 is 2.48. The van der Waals surface area contributed by atoms with E-state index in [1.54, 1.807) is 12.1 Å². The number of hydrogen-bond acceptors (Lipinski definition) is 5. The van der Waals surface area contributed by atoms with Crippen LogP contribution in [0.5, 0.6) is 0 Å². The molecule has 37 heavy (non-hydrogen) atoms. The van der Waals surface area contributed by atoms with Crippen LogP contribution in [0.1, 0.15) is 36.0 Å². The molecule has 0 N–H and O–H groups in total. The Hall–Kier alpha value is -1.28. The van der Waals surface area contributed by atoms with Gasteiger partial charge in [-0.3, -0.25) is 9.69 Å². The number of hydrogen-bond donors (Lipinski definition) is 0. The molecule has 2 aromatic carbocycles. The lowest BCUT2D eigenvalue weighted by Crippen LogP contribution is -2.62. The second kappa shape index (κ2) is 14.8. The van der Waals surface area contributed by atoms with E-state index < -0.39 is 0 Å². The Labute approximate surface area is 237 Å². The van der Waals surface area contributed by atoms with Crippen LogP contribution in [-0.4, -0.2) is 96.1 Å². The topological polar surface area (TPSA) is 30.0 Å². The molecule has 3 heterocycles. The highest BCUT2D eigenvalue weighted by Crippen LogP contribution is 2.24. The average molecular weight is 564 g/mol. The number of piperidine rings is 1. The Balaban J connectivity index is 0.000000342. The number of amides is 1. The molecule has 1 unspecified atom stereocenters. The monoisotopic (exact) mass is 562 g/mol. The van der Waals surface area contributed by atoms with Gasteiger partial charge in [0.25, 0.3) is 5.91 Å². The molecule has 1 amide bonds. The molecule has 0 saturated carbocycles. The van der Waals surface area contributed by atoms with Gasteiger partial charge in [-0.05, 0) is 68.7 Å². The van der Waals surface area contributed by atoms with Gasteiger partial charge in [0.05, 0.1) is 10.0 Å². The van der Waals surface area contributed by atoms with Gasteiger partial charge >= 0.3 is 0 Å². The molecule has 1 atom stereocenters. The number of rotatable bonds is 7. The van der Waals surface area contributed by atoms with Crippen molar-refractivity contribution in [3.05, 3.63) is 70.2 Å². The van der Waals surface area contributed by atoms with Crippen molar-refractivity contribution in [1.82, 2.24) is 19.0 Å². The van der Waals surface area contributed by atoms with Gasteiger partial charge < -0.3 is 9.80 Å². The maximum Gasteiger partial charge on any atom is 0.253 e. The summed E-state index contributed by atoms with van der Waals surface area (Å²) in [7, 11) is 0. The Morgan fingerprint density at radius 1 is 0.892 bits per heavy atom. The minimum Gasteiger partial charge on any atom is -0.338 e. The Morgan fingerprint density at radius 3 is 2.16 bits per heavy atom. The number of halogens is 2. The first-order valence-corrected chi connectivity index (χ1v) is 15.5. The fraction of sp³-hybridized carbons (Fsp3) is 0.552. The number of piperazine rings is 1. The third-order valence-corrected chi connectivity index (χ3v) is 9.36. The summed E-state index contributed by atoms with van der Waals surface area (Å²) >= 11 is 13.0. The first-order chi connectivity index (χ1) is 18.0. The lowest BCUT2D eigenvalue weighted by Gasteiger charge is -2.48. The number of likely N-dealkylation sites (tertiary alicyclic amines) is 2. The highest BCUT2D eigenvalue weighted by atomic mass is 35.5. The van der Waals surface area contributed by atoms with E-state index >= 15 is 0 Å². The smallest absolute Gasteiger partial charge is 0.253 e. The van der Waals surface area contributed by atoms with E-state index in [1.165, 1.54) is 65.1 Å². The minimum atomic E-state index is 0.211. The van der Waals surface area contributed by atoms with Gasteiger partial charge in [0.1, 0.15) is 0 Å². The standard InChI is InChI=1S/C23H36N4OS.C6H4Cl2/c1-29-27-15-13-25(14-16-27)22-18-24(19-22)11-5-7-20-8-6-12-26(17-20)23(28)21-9-3-2-4-10-21;7-5-3-1-2-4-6(5)8/h2-4,9-10,20,22H,5-8,11-19H2,1H3;1-4H. The molecule has 0 aliphatic carbocycles. The van der Waals surface area contributed by atoms with Gasteiger partial charge in [-0.15, -0.1) is 0 Å². The summed E-state index contributed by atoms with van der Waals surface area (Å²) in [6, 6.07) is 17.7.